The number of nitrogens with one attached hydrogen (secondary N) is 1. The zero-order valence-corrected chi connectivity index (χ0v) is 30.1. The van der Waals surface area contributed by atoms with Crippen LogP contribution in [0.5, 0.6) is 0 Å². The molecule has 0 saturated carbocycles. The number of hydrogen-bond acceptors (Lipinski definition) is 4. The minimum absolute atomic E-state index is 0.0151. The third-order valence-corrected chi connectivity index (χ3v) is 10.5. The van der Waals surface area contributed by atoms with E-state index in [-0.39, 0.29) is 38.6 Å². The summed E-state index contributed by atoms with van der Waals surface area (Å²) in [4.78, 5) is 29.9. The molecule has 0 aromatic heterocycles. The van der Waals surface area contributed by atoms with Crippen molar-refractivity contribution in [3.05, 3.63) is 128 Å². The number of nitrogens with zero attached hydrogens (tertiary/aromatic N) is 2. The number of aryl methyl sites for hydroxylation is 1. The molecule has 4 rings (SSSR count). The van der Waals surface area contributed by atoms with Crippen LogP contribution in [0.3, 0.4) is 0 Å². The Bertz CT molecular complexity index is 1850. The molecule has 1 atom stereocenters. The minimum atomic E-state index is -4.35. The van der Waals surface area contributed by atoms with Crippen LogP contribution in [-0.4, -0.2) is 43.3 Å². The molecule has 0 saturated heterocycles. The van der Waals surface area contributed by atoms with Gasteiger partial charge in [-0.1, -0.05) is 107 Å². The summed E-state index contributed by atoms with van der Waals surface area (Å²) >= 11 is 25.4. The molecule has 4 aromatic rings. The molecule has 0 aliphatic carbocycles. The molecule has 0 spiro atoms. The van der Waals surface area contributed by atoms with Crippen LogP contribution in [-0.2, 0) is 32.6 Å². The number of hydrogen-bond donors (Lipinski definition) is 1. The van der Waals surface area contributed by atoms with Crippen molar-refractivity contribution in [2.45, 2.75) is 57.1 Å². The Hall–Kier alpha value is -3.27. The van der Waals surface area contributed by atoms with Crippen LogP contribution < -0.4 is 9.62 Å². The first-order valence-electron chi connectivity index (χ1n) is 14.7. The molecular formula is C35H35Cl4N3O4S. The summed E-state index contributed by atoms with van der Waals surface area (Å²) in [7, 11) is -4.35. The summed E-state index contributed by atoms with van der Waals surface area (Å²) in [5.74, 6) is -1.07. The fourth-order valence-electron chi connectivity index (χ4n) is 4.88. The van der Waals surface area contributed by atoms with E-state index in [4.69, 9.17) is 46.4 Å². The Labute approximate surface area is 296 Å². The van der Waals surface area contributed by atoms with Crippen molar-refractivity contribution in [1.82, 2.24) is 10.2 Å². The highest BCUT2D eigenvalue weighted by molar-refractivity contribution is 7.92. The number of rotatable bonds is 11. The van der Waals surface area contributed by atoms with Gasteiger partial charge < -0.3 is 10.2 Å². The third kappa shape index (κ3) is 9.42. The Balaban J connectivity index is 1.86. The average Bonchev–Trinajstić information content (AvgIpc) is 3.00. The van der Waals surface area contributed by atoms with Crippen LogP contribution in [0.1, 0.15) is 37.5 Å². The predicted octanol–water partition coefficient (Wildman–Crippen LogP) is 8.36. The molecule has 0 unspecified atom stereocenters. The normalized spacial score (nSPS) is 12.3. The molecule has 7 nitrogen and oxygen atoms in total. The molecule has 0 aliphatic heterocycles. The lowest BCUT2D eigenvalue weighted by Gasteiger charge is -2.35. The number of amides is 2. The van der Waals surface area contributed by atoms with Crippen LogP contribution in [0.15, 0.2) is 95.9 Å². The van der Waals surface area contributed by atoms with Crippen LogP contribution in [0.2, 0.25) is 20.1 Å². The van der Waals surface area contributed by atoms with Gasteiger partial charge in [-0.2, -0.15) is 0 Å². The zero-order chi connectivity index (χ0) is 34.5. The van der Waals surface area contributed by atoms with Crippen LogP contribution in [0.4, 0.5) is 5.69 Å². The Morgan fingerprint density at radius 1 is 0.787 bits per heavy atom. The average molecular weight is 736 g/mol. The van der Waals surface area contributed by atoms with Gasteiger partial charge >= 0.3 is 0 Å². The monoisotopic (exact) mass is 733 g/mol. The lowest BCUT2D eigenvalue weighted by Crippen LogP contribution is -2.56. The van der Waals surface area contributed by atoms with Crippen molar-refractivity contribution in [2.75, 3.05) is 10.8 Å². The summed E-state index contributed by atoms with van der Waals surface area (Å²) < 4.78 is 29.4. The van der Waals surface area contributed by atoms with E-state index in [1.54, 1.807) is 36.4 Å². The van der Waals surface area contributed by atoms with Crippen LogP contribution in [0, 0.1) is 6.92 Å². The summed E-state index contributed by atoms with van der Waals surface area (Å²) in [6, 6.07) is 23.9. The molecule has 0 aliphatic rings. The van der Waals surface area contributed by atoms with Gasteiger partial charge in [0.05, 0.1) is 30.7 Å². The van der Waals surface area contributed by atoms with Gasteiger partial charge in [0.2, 0.25) is 11.8 Å². The summed E-state index contributed by atoms with van der Waals surface area (Å²) in [5, 5.41) is 3.66. The quantitative estimate of drug-likeness (QED) is 0.168. The van der Waals surface area contributed by atoms with Gasteiger partial charge in [-0.25, -0.2) is 8.42 Å². The fraction of sp³-hybridized carbons (Fsp3) is 0.257. The van der Waals surface area contributed by atoms with Gasteiger partial charge in [0.1, 0.15) is 12.6 Å². The Kier molecular flexibility index (Phi) is 11.9. The van der Waals surface area contributed by atoms with E-state index in [0.29, 0.717) is 10.6 Å². The van der Waals surface area contributed by atoms with Crippen LogP contribution in [0.25, 0.3) is 0 Å². The second-order valence-electron chi connectivity index (χ2n) is 12.1. The Morgan fingerprint density at radius 3 is 2.06 bits per heavy atom. The third-order valence-electron chi connectivity index (χ3n) is 7.19. The standard InChI is InChI=1S/C35H35Cl4N3O4S/c1-23-13-16-26(17-14-23)47(45,46)42(30-12-8-11-28(37)33(30)39)22-32(43)41(21-25-15-18-27(36)29(38)19-25)31(34(44)40-35(2,3)4)20-24-9-6-5-7-10-24/h5-19,31H,20-22H2,1-4H3,(H,40,44)/t31-/m1/s1. The maximum Gasteiger partial charge on any atom is 0.264 e. The second kappa shape index (κ2) is 15.3. The molecule has 1 N–H and O–H groups in total. The van der Waals surface area contributed by atoms with Gasteiger partial charge in [-0.05, 0) is 75.2 Å². The molecule has 12 heteroatoms. The first kappa shape index (κ1) is 36.6. The maximum atomic E-state index is 14.6. The molecule has 4 aromatic carbocycles. The molecule has 248 valence electrons. The molecule has 0 bridgehead atoms. The van der Waals surface area contributed by atoms with E-state index in [2.05, 4.69) is 5.32 Å². The number of sulfonamides is 1. The molecule has 0 heterocycles. The molecule has 47 heavy (non-hydrogen) atoms. The molecule has 0 fully saturated rings. The van der Waals surface area contributed by atoms with E-state index >= 15 is 0 Å². The van der Waals surface area contributed by atoms with E-state index < -0.39 is 40.0 Å². The highest BCUT2D eigenvalue weighted by Crippen LogP contribution is 2.36. The topological polar surface area (TPSA) is 86.8 Å². The second-order valence-corrected chi connectivity index (χ2v) is 15.6. The zero-order valence-electron chi connectivity index (χ0n) is 26.3. The number of anilines is 1. The maximum absolute atomic E-state index is 14.6. The molecule has 2 amide bonds. The lowest BCUT2D eigenvalue weighted by atomic mass is 10.0. The number of halogens is 4. The largest absolute Gasteiger partial charge is 0.350 e. The van der Waals surface area contributed by atoms with E-state index in [1.165, 1.54) is 29.2 Å². The van der Waals surface area contributed by atoms with Gasteiger partial charge in [-0.15, -0.1) is 0 Å². The van der Waals surface area contributed by atoms with Crippen molar-refractivity contribution < 1.29 is 18.0 Å². The van der Waals surface area contributed by atoms with Crippen molar-refractivity contribution in [2.24, 2.45) is 0 Å². The SMILES string of the molecule is Cc1ccc(S(=O)(=O)N(CC(=O)N(Cc2ccc(Cl)c(Cl)c2)[C@H](Cc2ccccc2)C(=O)NC(C)(C)C)c2cccc(Cl)c2Cl)cc1. The highest BCUT2D eigenvalue weighted by atomic mass is 35.5. The summed E-state index contributed by atoms with van der Waals surface area (Å²) in [5.41, 5.74) is 1.63. The van der Waals surface area contributed by atoms with Crippen molar-refractivity contribution in [3.8, 4) is 0 Å². The molecule has 0 radical (unpaired) electrons. The van der Waals surface area contributed by atoms with Crippen molar-refractivity contribution in [3.63, 3.8) is 0 Å². The first-order valence-corrected chi connectivity index (χ1v) is 17.6. The van der Waals surface area contributed by atoms with Gasteiger partial charge in [0, 0.05) is 18.5 Å². The highest BCUT2D eigenvalue weighted by Gasteiger charge is 2.36. The van der Waals surface area contributed by atoms with Gasteiger partial charge in [0.15, 0.2) is 0 Å². The van der Waals surface area contributed by atoms with Gasteiger partial charge in [0.25, 0.3) is 10.0 Å². The van der Waals surface area contributed by atoms with Gasteiger partial charge in [-0.3, -0.25) is 13.9 Å². The Morgan fingerprint density at radius 2 is 1.45 bits per heavy atom. The summed E-state index contributed by atoms with van der Waals surface area (Å²) in [6.07, 6.45) is 0.151. The van der Waals surface area contributed by atoms with E-state index in [1.807, 2.05) is 58.0 Å². The number of carbonyl (C=O) groups is 2. The fourth-order valence-corrected chi connectivity index (χ4v) is 7.07. The lowest BCUT2D eigenvalue weighted by molar-refractivity contribution is -0.140. The van der Waals surface area contributed by atoms with Crippen LogP contribution >= 0.6 is 46.4 Å². The minimum Gasteiger partial charge on any atom is -0.350 e. The summed E-state index contributed by atoms with van der Waals surface area (Å²) in [6.45, 7) is 6.59. The first-order chi connectivity index (χ1) is 22.1. The van der Waals surface area contributed by atoms with Crippen molar-refractivity contribution in [1.29, 1.82) is 0 Å². The number of carbonyl (C=O) groups excluding carboxylic acids is 2. The smallest absolute Gasteiger partial charge is 0.264 e. The van der Waals surface area contributed by atoms with Crippen molar-refractivity contribution >= 4 is 73.9 Å². The van der Waals surface area contributed by atoms with E-state index in [9.17, 15) is 18.0 Å². The molecular weight excluding hydrogens is 700 g/mol. The predicted molar refractivity (Wildman–Crippen MR) is 191 cm³/mol. The van der Waals surface area contributed by atoms with E-state index in [0.717, 1.165) is 15.4 Å². The number of benzene rings is 4.